The van der Waals surface area contributed by atoms with Crippen molar-refractivity contribution >= 4 is 17.5 Å². The first-order valence-corrected chi connectivity index (χ1v) is 9.93. The normalized spacial score (nSPS) is 34.9. The van der Waals surface area contributed by atoms with Crippen molar-refractivity contribution in [2.75, 3.05) is 13.1 Å². The van der Waals surface area contributed by atoms with Crippen LogP contribution in [0.1, 0.15) is 19.3 Å². The number of nitrogens with one attached hydrogen (secondary N) is 1. The van der Waals surface area contributed by atoms with Crippen LogP contribution in [0.3, 0.4) is 0 Å². The monoisotopic (exact) mass is 415 g/mol. The minimum Gasteiger partial charge on any atom is -0.450 e. The van der Waals surface area contributed by atoms with Crippen LogP contribution in [0, 0.1) is 5.92 Å². The van der Waals surface area contributed by atoms with Crippen molar-refractivity contribution < 1.29 is 33.5 Å². The van der Waals surface area contributed by atoms with Crippen LogP contribution in [0.5, 0.6) is 0 Å². The van der Waals surface area contributed by atoms with Crippen molar-refractivity contribution in [2.24, 2.45) is 5.92 Å². The summed E-state index contributed by atoms with van der Waals surface area (Å²) in [6.07, 6.45) is 2.86. The van der Waals surface area contributed by atoms with E-state index in [-0.39, 0.29) is 36.6 Å². The maximum absolute atomic E-state index is 15.6. The van der Waals surface area contributed by atoms with Crippen LogP contribution in [0.25, 0.3) is 0 Å². The van der Waals surface area contributed by atoms with Gasteiger partial charge in [-0.1, -0.05) is 6.08 Å². The van der Waals surface area contributed by atoms with Gasteiger partial charge in [-0.2, -0.15) is 0 Å². The number of rotatable bonds is 1. The molecule has 2 aliphatic carbocycles. The van der Waals surface area contributed by atoms with E-state index in [0.717, 1.165) is 0 Å². The van der Waals surface area contributed by atoms with Gasteiger partial charge in [-0.25, -0.2) is 14.7 Å². The molecule has 0 saturated carbocycles. The molecule has 10 heteroatoms. The topological polar surface area (TPSA) is 108 Å². The van der Waals surface area contributed by atoms with Crippen LogP contribution in [0.2, 0.25) is 0 Å². The number of Topliss-reactive ketones (excluding diaryl/α,β-unsaturated/α-hetero) is 2. The van der Waals surface area contributed by atoms with Crippen LogP contribution >= 0.6 is 0 Å². The van der Waals surface area contributed by atoms with E-state index in [1.165, 1.54) is 0 Å². The summed E-state index contributed by atoms with van der Waals surface area (Å²) in [5.41, 5.74) is 3.41. The second-order valence-electron chi connectivity index (χ2n) is 8.20. The van der Waals surface area contributed by atoms with E-state index in [1.54, 1.807) is 22.0 Å². The quantitative estimate of drug-likeness (QED) is 0.573. The van der Waals surface area contributed by atoms with E-state index in [1.807, 2.05) is 0 Å². The van der Waals surface area contributed by atoms with Crippen LogP contribution < -0.4 is 5.48 Å². The maximum atomic E-state index is 15.6. The number of hydrogen-bond donors (Lipinski definition) is 2. The Kier molecular flexibility index (Phi) is 3.58. The van der Waals surface area contributed by atoms with Crippen molar-refractivity contribution in [3.8, 4) is 0 Å². The molecule has 0 spiro atoms. The number of hydroxylamine groups is 1. The lowest BCUT2D eigenvalue weighted by Crippen LogP contribution is -2.56. The molecule has 4 atom stereocenters. The number of likely N-dealkylation sites (tertiary alicyclic amines) is 1. The Labute approximate surface area is 170 Å². The van der Waals surface area contributed by atoms with Gasteiger partial charge in [0.05, 0.1) is 23.1 Å². The van der Waals surface area contributed by atoms with Crippen LogP contribution in [0.15, 0.2) is 46.5 Å². The molecule has 6 rings (SSSR count). The molecule has 30 heavy (non-hydrogen) atoms. The molecule has 1 amide bonds. The molecule has 0 radical (unpaired) electrons. The highest BCUT2D eigenvalue weighted by molar-refractivity contribution is 6.43. The van der Waals surface area contributed by atoms with Gasteiger partial charge in [0.2, 0.25) is 5.78 Å². The summed E-state index contributed by atoms with van der Waals surface area (Å²) in [5, 5.41) is 9.88. The molecule has 4 aliphatic heterocycles. The van der Waals surface area contributed by atoms with Gasteiger partial charge < -0.3 is 19.6 Å². The van der Waals surface area contributed by atoms with Crippen molar-refractivity contribution in [2.45, 2.75) is 37.6 Å². The molecule has 0 aromatic carbocycles. The van der Waals surface area contributed by atoms with Gasteiger partial charge in [0.1, 0.15) is 6.04 Å². The third kappa shape index (κ3) is 2.25. The van der Waals surface area contributed by atoms with Crippen molar-refractivity contribution in [3.63, 3.8) is 0 Å². The van der Waals surface area contributed by atoms with Crippen LogP contribution in [-0.2, 0) is 24.0 Å². The number of fused-ring (bicyclic) bond motifs is 3. The molecule has 2 saturated heterocycles. The Morgan fingerprint density at radius 3 is 2.80 bits per heavy atom. The number of nitrogens with zero attached hydrogens (tertiary/aromatic N) is 2. The van der Waals surface area contributed by atoms with E-state index >= 15 is 4.39 Å². The van der Waals surface area contributed by atoms with E-state index in [9.17, 15) is 19.5 Å². The first-order chi connectivity index (χ1) is 14.4. The minimum absolute atomic E-state index is 0.0241. The number of allylic oxidation sites excluding steroid dienone is 3. The molecule has 6 aliphatic rings. The Hall–Kier alpha value is -2.98. The first-order valence-electron chi connectivity index (χ1n) is 9.93. The molecule has 0 aromatic rings. The average molecular weight is 415 g/mol. The van der Waals surface area contributed by atoms with Crippen LogP contribution in [-0.4, -0.2) is 63.8 Å². The zero-order valence-electron chi connectivity index (χ0n) is 15.8. The number of halogens is 1. The molecular formula is C20H18FN3O6. The number of aliphatic hydroxyl groups excluding tert-OH is 1. The van der Waals surface area contributed by atoms with Gasteiger partial charge in [0, 0.05) is 25.4 Å². The second kappa shape index (κ2) is 6.02. The van der Waals surface area contributed by atoms with E-state index in [4.69, 9.17) is 9.57 Å². The SMILES string of the molecule is O=C1CCC2=C(OC3=C(F)C(N4CCC(O)C4)=CC4C=C5C(=O)NOC5N2C34)C1=O. The Morgan fingerprint density at radius 2 is 2.03 bits per heavy atom. The minimum atomic E-state index is -0.833. The van der Waals surface area contributed by atoms with Gasteiger partial charge >= 0.3 is 0 Å². The van der Waals surface area contributed by atoms with Gasteiger partial charge in [-0.15, -0.1) is 0 Å². The van der Waals surface area contributed by atoms with Gasteiger partial charge in [0.25, 0.3) is 11.7 Å². The predicted molar refractivity (Wildman–Crippen MR) is 96.0 cm³/mol. The van der Waals surface area contributed by atoms with Crippen LogP contribution in [0.4, 0.5) is 4.39 Å². The maximum Gasteiger partial charge on any atom is 0.275 e. The highest BCUT2D eigenvalue weighted by atomic mass is 19.1. The summed E-state index contributed by atoms with van der Waals surface area (Å²) < 4.78 is 21.4. The van der Waals surface area contributed by atoms with E-state index in [2.05, 4.69) is 5.48 Å². The van der Waals surface area contributed by atoms with Gasteiger partial charge in [-0.05, 0) is 18.9 Å². The van der Waals surface area contributed by atoms with E-state index in [0.29, 0.717) is 24.2 Å². The number of amides is 1. The molecule has 0 aromatic heterocycles. The van der Waals surface area contributed by atoms with Crippen molar-refractivity contribution in [3.05, 3.63) is 46.5 Å². The number of aliphatic hydroxyl groups is 1. The zero-order chi connectivity index (χ0) is 20.7. The van der Waals surface area contributed by atoms with Crippen molar-refractivity contribution in [1.82, 2.24) is 15.3 Å². The summed E-state index contributed by atoms with van der Waals surface area (Å²) in [4.78, 5) is 45.7. The smallest absolute Gasteiger partial charge is 0.275 e. The number of carbonyl (C=O) groups excluding carboxylic acids is 3. The number of carbonyl (C=O) groups is 3. The zero-order valence-corrected chi connectivity index (χ0v) is 15.8. The third-order valence-corrected chi connectivity index (χ3v) is 6.48. The Balaban J connectivity index is 1.54. The number of ether oxygens (including phenoxy) is 1. The standard InChI is InChI=1S/C20H18FN3O6/c21-14-12(23-4-3-9(25)7-23)6-8-5-10-19(28)22-30-20(10)24-11-1-2-13(26)16(27)17(11)29-18(14)15(8)24/h5-6,8-9,15,20,25H,1-4,7H2,(H,22,28). The first kappa shape index (κ1) is 17.8. The third-order valence-electron chi connectivity index (χ3n) is 6.48. The molecule has 9 nitrogen and oxygen atoms in total. The molecule has 4 unspecified atom stereocenters. The number of ketones is 2. The largest absolute Gasteiger partial charge is 0.450 e. The molecule has 156 valence electrons. The lowest BCUT2D eigenvalue weighted by Gasteiger charge is -2.49. The fourth-order valence-electron chi connectivity index (χ4n) is 5.09. The summed E-state index contributed by atoms with van der Waals surface area (Å²) in [7, 11) is 0. The summed E-state index contributed by atoms with van der Waals surface area (Å²) >= 11 is 0. The lowest BCUT2D eigenvalue weighted by molar-refractivity contribution is -0.139. The summed E-state index contributed by atoms with van der Waals surface area (Å²) in [6, 6.07) is -0.637. The summed E-state index contributed by atoms with van der Waals surface area (Å²) in [5.74, 6) is -3.10. The van der Waals surface area contributed by atoms with Gasteiger partial charge in [0.15, 0.2) is 23.6 Å². The Morgan fingerprint density at radius 1 is 1.20 bits per heavy atom. The second-order valence-corrected chi connectivity index (χ2v) is 8.20. The molecule has 4 heterocycles. The number of hydrogen-bond acceptors (Lipinski definition) is 8. The fourth-order valence-corrected chi connectivity index (χ4v) is 5.09. The molecule has 2 N–H and O–H groups in total. The van der Waals surface area contributed by atoms with E-state index < -0.39 is 47.6 Å². The number of β-amino-alcohol motifs (C(OH)–C–C–N with tert-alkyl or cyclic N) is 1. The average Bonchev–Trinajstić information content (AvgIpc) is 3.33. The highest BCUT2D eigenvalue weighted by Crippen LogP contribution is 2.49. The molecular weight excluding hydrogens is 397 g/mol. The predicted octanol–water partition coefficient (Wildman–Crippen LogP) is -0.0803. The Bertz CT molecular complexity index is 1040. The lowest BCUT2D eigenvalue weighted by atomic mass is 9.81. The molecule has 0 bridgehead atoms. The van der Waals surface area contributed by atoms with Crippen molar-refractivity contribution in [1.29, 1.82) is 0 Å². The fraction of sp³-hybridized carbons (Fsp3) is 0.450. The highest BCUT2D eigenvalue weighted by Gasteiger charge is 2.54. The van der Waals surface area contributed by atoms with Gasteiger partial charge in [-0.3, -0.25) is 14.4 Å². The summed E-state index contributed by atoms with van der Waals surface area (Å²) in [6.45, 7) is 0.755. The molecule has 2 fully saturated rings.